The lowest BCUT2D eigenvalue weighted by atomic mass is 9.83. The monoisotopic (exact) mass is 202 g/mol. The van der Waals surface area contributed by atoms with Crippen LogP contribution in [0, 0.1) is 17.2 Å². The van der Waals surface area contributed by atoms with E-state index in [0.29, 0.717) is 18.1 Å². The van der Waals surface area contributed by atoms with E-state index >= 15 is 0 Å². The molecule has 0 aromatic carbocycles. The van der Waals surface area contributed by atoms with Gasteiger partial charge < -0.3 is 4.74 Å². The molecule has 15 heavy (non-hydrogen) atoms. The normalized spacial score (nSPS) is 15.4. The Hall–Kier alpha value is -1.56. The van der Waals surface area contributed by atoms with Gasteiger partial charge in [0.05, 0.1) is 18.2 Å². The van der Waals surface area contributed by atoms with Crippen LogP contribution in [0.1, 0.15) is 31.2 Å². The van der Waals surface area contributed by atoms with Gasteiger partial charge in [0.2, 0.25) is 5.88 Å². The first-order valence-corrected chi connectivity index (χ1v) is 5.37. The predicted molar refractivity (Wildman–Crippen MR) is 56.4 cm³/mol. The van der Waals surface area contributed by atoms with E-state index in [2.05, 4.69) is 11.1 Å². The van der Waals surface area contributed by atoms with Crippen LogP contribution in [0.4, 0.5) is 0 Å². The van der Waals surface area contributed by atoms with Crippen LogP contribution in [0.5, 0.6) is 5.88 Å². The molecule has 0 N–H and O–H groups in total. The molecule has 1 aromatic rings. The summed E-state index contributed by atoms with van der Waals surface area (Å²) >= 11 is 0. The van der Waals surface area contributed by atoms with Crippen molar-refractivity contribution in [3.63, 3.8) is 0 Å². The summed E-state index contributed by atoms with van der Waals surface area (Å²) in [5.41, 5.74) is 0.601. The fraction of sp³-hybridized carbons (Fsp3) is 0.500. The molecular weight excluding hydrogens is 188 g/mol. The number of ether oxygens (including phenoxy) is 1. The average molecular weight is 202 g/mol. The number of aromatic nitrogens is 1. The Kier molecular flexibility index (Phi) is 3.18. The Morgan fingerprint density at radius 1 is 1.53 bits per heavy atom. The first-order chi connectivity index (χ1) is 7.38. The van der Waals surface area contributed by atoms with Crippen LogP contribution in [0.2, 0.25) is 0 Å². The van der Waals surface area contributed by atoms with Gasteiger partial charge in [0, 0.05) is 12.3 Å². The summed E-state index contributed by atoms with van der Waals surface area (Å²) in [6.07, 6.45) is 6.77. The summed E-state index contributed by atoms with van der Waals surface area (Å²) in [6, 6.07) is 5.43. The van der Waals surface area contributed by atoms with E-state index in [1.165, 1.54) is 19.3 Å². The highest BCUT2D eigenvalue weighted by molar-refractivity contribution is 5.31. The Balaban J connectivity index is 1.79. The third-order valence-corrected chi connectivity index (χ3v) is 2.86. The van der Waals surface area contributed by atoms with Crippen LogP contribution >= 0.6 is 0 Å². The van der Waals surface area contributed by atoms with Crippen molar-refractivity contribution in [1.29, 1.82) is 5.26 Å². The van der Waals surface area contributed by atoms with E-state index in [4.69, 9.17) is 10.00 Å². The van der Waals surface area contributed by atoms with E-state index in [9.17, 15) is 0 Å². The zero-order valence-electron chi connectivity index (χ0n) is 8.65. The summed E-state index contributed by atoms with van der Waals surface area (Å²) in [4.78, 5) is 4.05. The van der Waals surface area contributed by atoms with Gasteiger partial charge in [-0.15, -0.1) is 0 Å². The molecule has 2 rings (SSSR count). The largest absolute Gasteiger partial charge is 0.478 e. The molecule has 1 heterocycles. The number of rotatable bonds is 4. The van der Waals surface area contributed by atoms with Crippen molar-refractivity contribution in [3.05, 3.63) is 23.9 Å². The second-order valence-corrected chi connectivity index (χ2v) is 3.93. The molecule has 0 radical (unpaired) electrons. The Bertz CT molecular complexity index is 366. The topological polar surface area (TPSA) is 45.9 Å². The van der Waals surface area contributed by atoms with Gasteiger partial charge in [0.25, 0.3) is 0 Å². The highest BCUT2D eigenvalue weighted by atomic mass is 16.5. The SMILES string of the molecule is N#Cc1ccnc(OCCC2CCC2)c1. The third-order valence-electron chi connectivity index (χ3n) is 2.86. The van der Waals surface area contributed by atoms with E-state index in [0.717, 1.165) is 12.3 Å². The lowest BCUT2D eigenvalue weighted by Gasteiger charge is -2.24. The van der Waals surface area contributed by atoms with E-state index in [-0.39, 0.29) is 0 Å². The highest BCUT2D eigenvalue weighted by Crippen LogP contribution is 2.29. The molecule has 1 aliphatic rings. The Labute approximate surface area is 89.7 Å². The van der Waals surface area contributed by atoms with Crippen LogP contribution in [-0.4, -0.2) is 11.6 Å². The van der Waals surface area contributed by atoms with Gasteiger partial charge in [-0.25, -0.2) is 4.98 Å². The fourth-order valence-corrected chi connectivity index (χ4v) is 1.67. The quantitative estimate of drug-likeness (QED) is 0.753. The van der Waals surface area contributed by atoms with Crippen LogP contribution in [0.15, 0.2) is 18.3 Å². The third kappa shape index (κ3) is 2.69. The fourth-order valence-electron chi connectivity index (χ4n) is 1.67. The van der Waals surface area contributed by atoms with Gasteiger partial charge in [-0.1, -0.05) is 19.3 Å². The average Bonchev–Trinajstić information content (AvgIpc) is 2.22. The maximum absolute atomic E-state index is 8.69. The summed E-state index contributed by atoms with van der Waals surface area (Å²) in [5.74, 6) is 1.41. The van der Waals surface area contributed by atoms with Crippen LogP contribution < -0.4 is 4.74 Å². The Morgan fingerprint density at radius 2 is 2.40 bits per heavy atom. The van der Waals surface area contributed by atoms with Gasteiger partial charge in [0.15, 0.2) is 0 Å². The zero-order chi connectivity index (χ0) is 10.5. The van der Waals surface area contributed by atoms with Crippen molar-refractivity contribution >= 4 is 0 Å². The lowest BCUT2D eigenvalue weighted by Crippen LogP contribution is -2.14. The molecule has 0 amide bonds. The molecule has 1 aromatic heterocycles. The Morgan fingerprint density at radius 3 is 3.07 bits per heavy atom. The molecule has 78 valence electrons. The molecule has 0 unspecified atom stereocenters. The van der Waals surface area contributed by atoms with Crippen LogP contribution in [0.3, 0.4) is 0 Å². The minimum atomic E-state index is 0.563. The molecule has 1 saturated carbocycles. The second kappa shape index (κ2) is 4.79. The highest BCUT2D eigenvalue weighted by Gasteiger charge is 2.16. The van der Waals surface area contributed by atoms with Crippen molar-refractivity contribution in [2.75, 3.05) is 6.61 Å². The maximum atomic E-state index is 8.69. The predicted octanol–water partition coefficient (Wildman–Crippen LogP) is 2.52. The van der Waals surface area contributed by atoms with E-state index < -0.39 is 0 Å². The van der Waals surface area contributed by atoms with Gasteiger partial charge in [0.1, 0.15) is 0 Å². The molecule has 3 heteroatoms. The summed E-state index contributed by atoms with van der Waals surface area (Å²) in [6.45, 7) is 0.715. The van der Waals surface area contributed by atoms with Crippen molar-refractivity contribution in [1.82, 2.24) is 4.98 Å². The molecule has 0 aliphatic heterocycles. The zero-order valence-corrected chi connectivity index (χ0v) is 8.65. The first-order valence-electron chi connectivity index (χ1n) is 5.37. The smallest absolute Gasteiger partial charge is 0.214 e. The summed E-state index contributed by atoms with van der Waals surface area (Å²) < 4.78 is 5.49. The minimum absolute atomic E-state index is 0.563. The molecule has 1 aliphatic carbocycles. The van der Waals surface area contributed by atoms with Gasteiger partial charge in [-0.2, -0.15) is 5.26 Å². The van der Waals surface area contributed by atoms with Crippen molar-refractivity contribution in [2.45, 2.75) is 25.7 Å². The molecular formula is C12H14N2O. The first kappa shape index (κ1) is 9.97. The van der Waals surface area contributed by atoms with Crippen LogP contribution in [0.25, 0.3) is 0 Å². The van der Waals surface area contributed by atoms with Crippen molar-refractivity contribution < 1.29 is 4.74 Å². The summed E-state index contributed by atoms with van der Waals surface area (Å²) in [7, 11) is 0. The molecule has 1 fully saturated rings. The molecule has 0 bridgehead atoms. The van der Waals surface area contributed by atoms with E-state index in [1.54, 1.807) is 18.3 Å². The number of pyridine rings is 1. The molecule has 3 nitrogen and oxygen atoms in total. The minimum Gasteiger partial charge on any atom is -0.478 e. The maximum Gasteiger partial charge on any atom is 0.214 e. The molecule has 0 saturated heterocycles. The molecule has 0 atom stereocenters. The van der Waals surface area contributed by atoms with E-state index in [1.807, 2.05) is 0 Å². The number of hydrogen-bond acceptors (Lipinski definition) is 3. The van der Waals surface area contributed by atoms with Gasteiger partial charge >= 0.3 is 0 Å². The number of nitrogens with zero attached hydrogens (tertiary/aromatic N) is 2. The molecule has 0 spiro atoms. The number of hydrogen-bond donors (Lipinski definition) is 0. The summed E-state index contributed by atoms with van der Waals surface area (Å²) in [5, 5.41) is 8.69. The second-order valence-electron chi connectivity index (χ2n) is 3.93. The van der Waals surface area contributed by atoms with Crippen molar-refractivity contribution in [3.8, 4) is 11.9 Å². The number of nitriles is 1. The lowest BCUT2D eigenvalue weighted by molar-refractivity contribution is 0.217. The van der Waals surface area contributed by atoms with Gasteiger partial charge in [-0.3, -0.25) is 0 Å². The van der Waals surface area contributed by atoms with Crippen molar-refractivity contribution in [2.24, 2.45) is 5.92 Å². The standard InChI is InChI=1S/C12H14N2O/c13-9-11-4-6-14-12(8-11)15-7-5-10-2-1-3-10/h4,6,8,10H,1-3,5,7H2. The van der Waals surface area contributed by atoms with Crippen LogP contribution in [-0.2, 0) is 0 Å². The van der Waals surface area contributed by atoms with Gasteiger partial charge in [-0.05, 0) is 18.4 Å².